The molecule has 202 valence electrons. The molecule has 3 aromatic rings. The van der Waals surface area contributed by atoms with Crippen molar-refractivity contribution in [3.63, 3.8) is 0 Å². The predicted octanol–water partition coefficient (Wildman–Crippen LogP) is 4.28. The summed E-state index contributed by atoms with van der Waals surface area (Å²) in [6.07, 6.45) is 0. The maximum Gasteiger partial charge on any atom is 0.299 e. The number of aryl methyl sites for hydroxylation is 1. The zero-order chi connectivity index (χ0) is 28.3. The van der Waals surface area contributed by atoms with E-state index in [1.165, 1.54) is 9.80 Å². The number of nitrogens with one attached hydrogen (secondary N) is 1. The first-order chi connectivity index (χ1) is 18.6. The van der Waals surface area contributed by atoms with Crippen molar-refractivity contribution in [3.05, 3.63) is 89.5 Å². The average molecular weight is 527 g/mol. The smallest absolute Gasteiger partial charge is 0.299 e. The number of nitrogens with zero attached hydrogens (tertiary/aromatic N) is 3. The van der Waals surface area contributed by atoms with Crippen molar-refractivity contribution >= 4 is 40.6 Å². The van der Waals surface area contributed by atoms with Gasteiger partial charge >= 0.3 is 0 Å². The molecule has 0 spiro atoms. The van der Waals surface area contributed by atoms with Crippen LogP contribution in [0.3, 0.4) is 0 Å². The summed E-state index contributed by atoms with van der Waals surface area (Å²) in [6, 6.07) is 21.0. The number of carbonyl (C=O) groups excluding carboxylic acids is 4. The highest BCUT2D eigenvalue weighted by molar-refractivity contribution is 6.52. The first kappa shape index (κ1) is 27.6. The van der Waals surface area contributed by atoms with Gasteiger partial charge in [0.25, 0.3) is 11.7 Å². The number of anilines is 3. The molecule has 0 aliphatic carbocycles. The molecule has 0 saturated carbocycles. The van der Waals surface area contributed by atoms with Gasteiger partial charge in [0.1, 0.15) is 12.6 Å². The molecule has 8 nitrogen and oxygen atoms in total. The number of para-hydroxylation sites is 1. The molecule has 1 aliphatic rings. The van der Waals surface area contributed by atoms with Crippen LogP contribution in [0.1, 0.15) is 35.3 Å². The maximum absolute atomic E-state index is 13.9. The van der Waals surface area contributed by atoms with Gasteiger partial charge in [-0.05, 0) is 60.4 Å². The minimum Gasteiger partial charge on any atom is -0.378 e. The molecular weight excluding hydrogens is 492 g/mol. The molecule has 39 heavy (non-hydrogen) atoms. The van der Waals surface area contributed by atoms with Crippen LogP contribution in [0.15, 0.2) is 72.8 Å². The van der Waals surface area contributed by atoms with Crippen LogP contribution in [0.25, 0.3) is 0 Å². The Hall–Kier alpha value is -4.46. The SMILES string of the molecule is Cc1ccccc1CN(C(=O)CN1C(=O)C(=O)c2ccccc21)C(C(=O)Nc1ccc(N(C)C)cc1)C(C)C. The third kappa shape index (κ3) is 5.85. The van der Waals surface area contributed by atoms with Gasteiger partial charge in [-0.3, -0.25) is 24.1 Å². The van der Waals surface area contributed by atoms with Crippen molar-refractivity contribution in [1.29, 1.82) is 0 Å². The molecule has 4 rings (SSSR count). The monoisotopic (exact) mass is 526 g/mol. The number of ketones is 1. The first-order valence-electron chi connectivity index (χ1n) is 13.0. The van der Waals surface area contributed by atoms with Gasteiger partial charge in [0, 0.05) is 32.0 Å². The lowest BCUT2D eigenvalue weighted by Crippen LogP contribution is -2.53. The molecular formula is C31H34N4O4. The van der Waals surface area contributed by atoms with Crippen molar-refractivity contribution in [2.75, 3.05) is 35.8 Å². The summed E-state index contributed by atoms with van der Waals surface area (Å²) in [7, 11) is 3.88. The predicted molar refractivity (Wildman–Crippen MR) is 153 cm³/mol. The second kappa shape index (κ2) is 11.5. The zero-order valence-electron chi connectivity index (χ0n) is 23.0. The zero-order valence-corrected chi connectivity index (χ0v) is 23.0. The summed E-state index contributed by atoms with van der Waals surface area (Å²) in [6.45, 7) is 5.56. The lowest BCUT2D eigenvalue weighted by atomic mass is 9.99. The van der Waals surface area contributed by atoms with Crippen LogP contribution in [0, 0.1) is 12.8 Å². The van der Waals surface area contributed by atoms with E-state index >= 15 is 0 Å². The highest BCUT2D eigenvalue weighted by atomic mass is 16.2. The van der Waals surface area contributed by atoms with Crippen molar-refractivity contribution < 1.29 is 19.2 Å². The minimum absolute atomic E-state index is 0.180. The lowest BCUT2D eigenvalue weighted by molar-refractivity contribution is -0.140. The fourth-order valence-electron chi connectivity index (χ4n) is 4.81. The maximum atomic E-state index is 13.9. The van der Waals surface area contributed by atoms with E-state index in [9.17, 15) is 19.2 Å². The minimum atomic E-state index is -0.825. The van der Waals surface area contributed by atoms with E-state index in [4.69, 9.17) is 0 Å². The van der Waals surface area contributed by atoms with E-state index in [2.05, 4.69) is 5.32 Å². The van der Waals surface area contributed by atoms with E-state index in [-0.39, 0.29) is 30.5 Å². The highest BCUT2D eigenvalue weighted by Gasteiger charge is 2.39. The molecule has 1 N–H and O–H groups in total. The number of rotatable bonds is 9. The van der Waals surface area contributed by atoms with Crippen LogP contribution in [-0.4, -0.2) is 55.1 Å². The fourth-order valence-corrected chi connectivity index (χ4v) is 4.81. The van der Waals surface area contributed by atoms with E-state index in [0.717, 1.165) is 16.8 Å². The largest absolute Gasteiger partial charge is 0.378 e. The molecule has 3 aromatic carbocycles. The second-order valence-corrected chi connectivity index (χ2v) is 10.3. The molecule has 0 saturated heterocycles. The third-order valence-electron chi connectivity index (χ3n) is 6.98. The Bertz CT molecular complexity index is 1400. The second-order valence-electron chi connectivity index (χ2n) is 10.3. The fraction of sp³-hybridized carbons (Fsp3) is 0.290. The van der Waals surface area contributed by atoms with Crippen LogP contribution in [0.4, 0.5) is 17.1 Å². The van der Waals surface area contributed by atoms with Crippen LogP contribution in [0.5, 0.6) is 0 Å². The van der Waals surface area contributed by atoms with Gasteiger partial charge in [-0.25, -0.2) is 0 Å². The van der Waals surface area contributed by atoms with Crippen LogP contribution < -0.4 is 15.1 Å². The normalized spacial score (nSPS) is 13.3. The van der Waals surface area contributed by atoms with Gasteiger partial charge in [0.2, 0.25) is 11.8 Å². The molecule has 3 amide bonds. The Kier molecular flexibility index (Phi) is 8.14. The van der Waals surface area contributed by atoms with Crippen LogP contribution in [-0.2, 0) is 20.9 Å². The summed E-state index contributed by atoms with van der Waals surface area (Å²) < 4.78 is 0. The van der Waals surface area contributed by atoms with Crippen molar-refractivity contribution in [3.8, 4) is 0 Å². The van der Waals surface area contributed by atoms with Crippen molar-refractivity contribution in [2.45, 2.75) is 33.4 Å². The topological polar surface area (TPSA) is 90.0 Å². The van der Waals surface area contributed by atoms with Crippen molar-refractivity contribution in [1.82, 2.24) is 4.90 Å². The number of amides is 3. The quantitative estimate of drug-likeness (QED) is 0.421. The summed E-state index contributed by atoms with van der Waals surface area (Å²) in [5.41, 5.74) is 4.17. The van der Waals surface area contributed by atoms with Crippen LogP contribution >= 0.6 is 0 Å². The van der Waals surface area contributed by atoms with Gasteiger partial charge < -0.3 is 15.1 Å². The molecule has 1 atom stereocenters. The Morgan fingerprint density at radius 2 is 1.54 bits per heavy atom. The van der Waals surface area contributed by atoms with Gasteiger partial charge in [0.15, 0.2) is 0 Å². The van der Waals surface area contributed by atoms with Gasteiger partial charge in [-0.2, -0.15) is 0 Å². The number of hydrogen-bond acceptors (Lipinski definition) is 5. The van der Waals surface area contributed by atoms with E-state index < -0.39 is 23.6 Å². The van der Waals surface area contributed by atoms with Gasteiger partial charge in [0.05, 0.1) is 11.3 Å². The summed E-state index contributed by atoms with van der Waals surface area (Å²) in [4.78, 5) is 57.7. The Balaban J connectivity index is 1.65. The Morgan fingerprint density at radius 3 is 2.18 bits per heavy atom. The molecule has 1 heterocycles. The summed E-state index contributed by atoms with van der Waals surface area (Å²) in [5.74, 6) is -2.36. The molecule has 0 bridgehead atoms. The number of Topliss-reactive ketones (excluding diaryl/α,β-unsaturated/α-hetero) is 1. The highest BCUT2D eigenvalue weighted by Crippen LogP contribution is 2.29. The number of fused-ring (bicyclic) bond motifs is 1. The molecule has 0 fully saturated rings. The molecule has 0 aromatic heterocycles. The number of hydrogen-bond donors (Lipinski definition) is 1. The third-order valence-corrected chi connectivity index (χ3v) is 6.98. The molecule has 0 radical (unpaired) electrons. The number of carbonyl (C=O) groups is 4. The van der Waals surface area contributed by atoms with Gasteiger partial charge in [-0.1, -0.05) is 50.2 Å². The molecule has 1 unspecified atom stereocenters. The lowest BCUT2D eigenvalue weighted by Gasteiger charge is -2.35. The summed E-state index contributed by atoms with van der Waals surface area (Å²) in [5, 5.41) is 2.96. The Labute approximate surface area is 229 Å². The molecule has 1 aliphatic heterocycles. The summed E-state index contributed by atoms with van der Waals surface area (Å²) >= 11 is 0. The first-order valence-corrected chi connectivity index (χ1v) is 13.0. The molecule has 8 heteroatoms. The standard InChI is InChI=1S/C31H34N4O4/c1-20(2)28(30(38)32-23-14-16-24(17-15-23)33(4)5)35(18-22-11-7-6-10-21(22)3)27(36)19-34-26-13-9-8-12-25(26)29(37)31(34)39/h6-17,20,28H,18-19H2,1-5H3,(H,32,38). The van der Waals surface area contributed by atoms with E-state index in [1.54, 1.807) is 24.3 Å². The number of benzene rings is 3. The van der Waals surface area contributed by atoms with Crippen LogP contribution in [0.2, 0.25) is 0 Å². The average Bonchev–Trinajstić information content (AvgIpc) is 3.14. The van der Waals surface area contributed by atoms with Crippen molar-refractivity contribution in [2.24, 2.45) is 5.92 Å². The van der Waals surface area contributed by atoms with E-state index in [1.807, 2.05) is 88.3 Å². The van der Waals surface area contributed by atoms with E-state index in [0.29, 0.717) is 11.4 Å². The Morgan fingerprint density at radius 1 is 0.897 bits per heavy atom. The van der Waals surface area contributed by atoms with Gasteiger partial charge in [-0.15, -0.1) is 0 Å².